The van der Waals surface area contributed by atoms with Crippen LogP contribution in [0, 0.1) is 5.41 Å². The van der Waals surface area contributed by atoms with Crippen molar-refractivity contribution in [2.75, 3.05) is 13.1 Å². The first-order chi connectivity index (χ1) is 9.14. The average molecular weight is 261 g/mol. The van der Waals surface area contributed by atoms with E-state index in [2.05, 4.69) is 5.10 Å². The molecule has 1 spiro atoms. The van der Waals surface area contributed by atoms with Crippen LogP contribution in [0.2, 0.25) is 0 Å². The Morgan fingerprint density at radius 1 is 1.63 bits per heavy atom. The normalized spacial score (nSPS) is 24.5. The lowest BCUT2D eigenvalue weighted by Crippen LogP contribution is -2.27. The van der Waals surface area contributed by atoms with Gasteiger partial charge in [-0.2, -0.15) is 5.10 Å². The van der Waals surface area contributed by atoms with Gasteiger partial charge in [-0.1, -0.05) is 0 Å². The predicted molar refractivity (Wildman–Crippen MR) is 71.2 cm³/mol. The van der Waals surface area contributed by atoms with Gasteiger partial charge in [0.05, 0.1) is 11.8 Å². The summed E-state index contributed by atoms with van der Waals surface area (Å²) in [5.74, 6) is -0.0216. The van der Waals surface area contributed by atoms with Gasteiger partial charge in [-0.25, -0.2) is 0 Å². The second kappa shape index (κ2) is 4.49. The number of likely N-dealkylation sites (tertiary alicyclic amines) is 1. The van der Waals surface area contributed by atoms with E-state index in [1.165, 1.54) is 0 Å². The molecule has 1 aromatic rings. The van der Waals surface area contributed by atoms with Gasteiger partial charge in [0.25, 0.3) is 0 Å². The van der Waals surface area contributed by atoms with Gasteiger partial charge < -0.3 is 10.0 Å². The number of amides is 1. The van der Waals surface area contributed by atoms with Gasteiger partial charge in [-0.05, 0) is 31.9 Å². The molecule has 1 N–H and O–H groups in total. The molecule has 102 valence electrons. The summed E-state index contributed by atoms with van der Waals surface area (Å²) in [6.45, 7) is 3.97. The summed E-state index contributed by atoms with van der Waals surface area (Å²) in [6.07, 6.45) is 6.85. The molecule has 1 aromatic heterocycles. The van der Waals surface area contributed by atoms with Crippen LogP contribution in [-0.2, 0) is 11.3 Å². The molecule has 0 bridgehead atoms. The molecule has 19 heavy (non-hydrogen) atoms. The summed E-state index contributed by atoms with van der Waals surface area (Å²) >= 11 is 0. The molecule has 1 amide bonds. The molecule has 1 saturated carbocycles. The molecule has 1 saturated heterocycles. The largest absolute Gasteiger partial charge is 0.391 e. The summed E-state index contributed by atoms with van der Waals surface area (Å²) in [4.78, 5) is 13.9. The summed E-state index contributed by atoms with van der Waals surface area (Å²) in [5.41, 5.74) is 0.950. The van der Waals surface area contributed by atoms with E-state index < -0.39 is 0 Å². The fourth-order valence-corrected chi connectivity index (χ4v) is 2.78. The zero-order valence-electron chi connectivity index (χ0n) is 11.1. The quantitative estimate of drug-likeness (QED) is 0.822. The fourth-order valence-electron chi connectivity index (χ4n) is 2.78. The summed E-state index contributed by atoms with van der Waals surface area (Å²) in [5, 5.41) is 14.1. The average Bonchev–Trinajstić information content (AvgIpc) is 2.92. The number of carbonyl (C=O) groups is 1. The van der Waals surface area contributed by atoms with Crippen molar-refractivity contribution in [1.29, 1.82) is 0 Å². The van der Waals surface area contributed by atoms with Crippen molar-refractivity contribution in [3.8, 4) is 0 Å². The maximum atomic E-state index is 12.1. The smallest absolute Gasteiger partial charge is 0.246 e. The van der Waals surface area contributed by atoms with E-state index in [1.807, 2.05) is 17.7 Å². The highest BCUT2D eigenvalue weighted by atomic mass is 16.3. The van der Waals surface area contributed by atoms with Gasteiger partial charge in [0.15, 0.2) is 0 Å². The van der Waals surface area contributed by atoms with Gasteiger partial charge in [0, 0.05) is 37.3 Å². The molecule has 5 nitrogen and oxygen atoms in total. The number of aliphatic hydroxyl groups excluding tert-OH is 1. The number of β-amino-alcohol motifs (C(OH)–C–C–N with tert-alkyl or cyclic N) is 1. The first kappa shape index (κ1) is 12.4. The van der Waals surface area contributed by atoms with E-state index >= 15 is 0 Å². The van der Waals surface area contributed by atoms with Crippen LogP contribution in [0.1, 0.15) is 25.5 Å². The highest BCUT2D eigenvalue weighted by Gasteiger charge is 2.55. The van der Waals surface area contributed by atoms with E-state index in [9.17, 15) is 9.90 Å². The minimum atomic E-state index is -0.342. The third-order valence-corrected chi connectivity index (χ3v) is 4.26. The second-order valence-corrected chi connectivity index (χ2v) is 5.50. The molecule has 2 aliphatic rings. The molecule has 0 aromatic carbocycles. The van der Waals surface area contributed by atoms with E-state index in [4.69, 9.17) is 0 Å². The third-order valence-electron chi connectivity index (χ3n) is 4.26. The molecule has 1 unspecified atom stereocenters. The minimum Gasteiger partial charge on any atom is -0.391 e. The molecule has 1 atom stereocenters. The monoisotopic (exact) mass is 261 g/mol. The lowest BCUT2D eigenvalue weighted by Gasteiger charge is -2.13. The number of aromatic nitrogens is 2. The Labute approximate surface area is 112 Å². The zero-order chi connectivity index (χ0) is 13.5. The molecule has 5 heteroatoms. The predicted octanol–water partition coefficient (Wildman–Crippen LogP) is 0.899. The molecule has 1 aliphatic carbocycles. The zero-order valence-corrected chi connectivity index (χ0v) is 11.1. The van der Waals surface area contributed by atoms with E-state index in [0.717, 1.165) is 25.1 Å². The maximum Gasteiger partial charge on any atom is 0.246 e. The molecular formula is C14H19N3O2. The number of carbonyl (C=O) groups excluding carboxylic acids is 1. The van der Waals surface area contributed by atoms with Crippen molar-refractivity contribution in [3.63, 3.8) is 0 Å². The first-order valence-corrected chi connectivity index (χ1v) is 6.81. The van der Waals surface area contributed by atoms with Crippen molar-refractivity contribution < 1.29 is 9.90 Å². The van der Waals surface area contributed by atoms with Crippen molar-refractivity contribution >= 4 is 12.0 Å². The molecule has 2 heterocycles. The lowest BCUT2D eigenvalue weighted by atomic mass is 10.0. The van der Waals surface area contributed by atoms with Crippen LogP contribution in [0.3, 0.4) is 0 Å². The number of aliphatic hydroxyl groups is 1. The highest BCUT2D eigenvalue weighted by molar-refractivity contribution is 5.91. The van der Waals surface area contributed by atoms with Crippen molar-refractivity contribution in [2.45, 2.75) is 32.4 Å². The SMILES string of the molecule is CCn1nccc1/C=C/C(=O)N1CC(O)C2(CC2)C1. The molecule has 0 radical (unpaired) electrons. The number of rotatable bonds is 3. The van der Waals surface area contributed by atoms with Crippen LogP contribution in [0.25, 0.3) is 6.08 Å². The first-order valence-electron chi connectivity index (χ1n) is 6.81. The standard InChI is InChI=1S/C14H19N3O2/c1-2-17-11(5-8-15-17)3-4-13(19)16-9-12(18)14(10-16)6-7-14/h3-5,8,12,18H,2,6-7,9-10H2,1H3/b4-3+. The van der Waals surface area contributed by atoms with Crippen LogP contribution in [0.4, 0.5) is 0 Å². The number of hydrogen-bond donors (Lipinski definition) is 1. The van der Waals surface area contributed by atoms with Crippen molar-refractivity contribution in [3.05, 3.63) is 24.0 Å². The second-order valence-electron chi connectivity index (χ2n) is 5.50. The Morgan fingerprint density at radius 3 is 3.05 bits per heavy atom. The summed E-state index contributed by atoms with van der Waals surface area (Å²) < 4.78 is 1.84. The minimum absolute atomic E-state index is 0.0216. The van der Waals surface area contributed by atoms with Crippen LogP contribution in [0.15, 0.2) is 18.3 Å². The Bertz CT molecular complexity index is 517. The van der Waals surface area contributed by atoms with Crippen LogP contribution < -0.4 is 0 Å². The Morgan fingerprint density at radius 2 is 2.42 bits per heavy atom. The maximum absolute atomic E-state index is 12.1. The van der Waals surface area contributed by atoms with Crippen LogP contribution in [-0.4, -0.2) is 44.9 Å². The number of aryl methyl sites for hydroxylation is 1. The van der Waals surface area contributed by atoms with Gasteiger partial charge in [0.2, 0.25) is 5.91 Å². The summed E-state index contributed by atoms with van der Waals surface area (Å²) in [7, 11) is 0. The summed E-state index contributed by atoms with van der Waals surface area (Å²) in [6, 6.07) is 1.88. The Balaban J connectivity index is 1.66. The Kier molecular flexibility index (Phi) is 2.93. The van der Waals surface area contributed by atoms with E-state index in [-0.39, 0.29) is 17.4 Å². The lowest BCUT2D eigenvalue weighted by molar-refractivity contribution is -0.125. The van der Waals surface area contributed by atoms with Crippen molar-refractivity contribution in [2.24, 2.45) is 5.41 Å². The van der Waals surface area contributed by atoms with Crippen molar-refractivity contribution in [1.82, 2.24) is 14.7 Å². The third kappa shape index (κ3) is 2.18. The van der Waals surface area contributed by atoms with Gasteiger partial charge >= 0.3 is 0 Å². The van der Waals surface area contributed by atoms with Gasteiger partial charge in [-0.15, -0.1) is 0 Å². The van der Waals surface area contributed by atoms with Crippen LogP contribution >= 0.6 is 0 Å². The molecule has 2 fully saturated rings. The highest BCUT2D eigenvalue weighted by Crippen LogP contribution is 2.52. The van der Waals surface area contributed by atoms with Gasteiger partial charge in [-0.3, -0.25) is 9.48 Å². The van der Waals surface area contributed by atoms with E-state index in [1.54, 1.807) is 23.2 Å². The Hall–Kier alpha value is -1.62. The fraction of sp³-hybridized carbons (Fsp3) is 0.571. The number of hydrogen-bond acceptors (Lipinski definition) is 3. The molecule has 1 aliphatic heterocycles. The molecular weight excluding hydrogens is 242 g/mol. The number of nitrogens with zero attached hydrogens (tertiary/aromatic N) is 3. The topological polar surface area (TPSA) is 58.4 Å². The van der Waals surface area contributed by atoms with Gasteiger partial charge in [0.1, 0.15) is 0 Å². The molecule has 3 rings (SSSR count). The van der Waals surface area contributed by atoms with E-state index in [0.29, 0.717) is 13.1 Å². The van der Waals surface area contributed by atoms with Crippen LogP contribution in [0.5, 0.6) is 0 Å².